The maximum atomic E-state index is 4.18. The van der Waals surface area contributed by atoms with Crippen LogP contribution in [0.5, 0.6) is 0 Å². The maximum Gasteiger partial charge on any atom is 0.143 e. The molecule has 0 aliphatic rings. The largest absolute Gasteiger partial charge is 0.318 e. The smallest absolute Gasteiger partial charge is 0.143 e. The zero-order valence-corrected chi connectivity index (χ0v) is 13.2. The van der Waals surface area contributed by atoms with Gasteiger partial charge in [0.25, 0.3) is 0 Å². The number of hydrogen-bond acceptors (Lipinski definition) is 4. The van der Waals surface area contributed by atoms with Crippen molar-refractivity contribution in [3.05, 3.63) is 41.5 Å². The lowest BCUT2D eigenvalue weighted by Crippen LogP contribution is -2.13. The molecule has 0 saturated carbocycles. The van der Waals surface area contributed by atoms with E-state index >= 15 is 0 Å². The Hall–Kier alpha value is -1.33. The number of thioether (sulfide) groups is 1. The molecule has 0 fully saturated rings. The monoisotopic (exact) mass is 290 g/mol. The molecule has 0 bridgehead atoms. The van der Waals surface area contributed by atoms with Gasteiger partial charge in [-0.3, -0.25) is 0 Å². The Morgan fingerprint density at radius 1 is 1.20 bits per heavy atom. The summed E-state index contributed by atoms with van der Waals surface area (Å²) in [4.78, 5) is 1.27. The number of benzene rings is 1. The second kappa shape index (κ2) is 7.45. The highest BCUT2D eigenvalue weighted by Crippen LogP contribution is 2.22. The molecule has 2 aromatic rings. The molecule has 2 rings (SSSR count). The molecule has 0 radical (unpaired) electrons. The summed E-state index contributed by atoms with van der Waals surface area (Å²) in [5, 5.41) is 11.7. The van der Waals surface area contributed by atoms with E-state index in [1.807, 2.05) is 18.5 Å². The third kappa shape index (κ3) is 4.08. The lowest BCUT2D eigenvalue weighted by molar-refractivity contribution is 0.675. The van der Waals surface area contributed by atoms with Crippen molar-refractivity contribution < 1.29 is 0 Å². The van der Waals surface area contributed by atoms with Gasteiger partial charge in [-0.15, -0.1) is 22.0 Å². The molecule has 0 atom stereocenters. The fourth-order valence-electron chi connectivity index (χ4n) is 1.84. The molecule has 1 aromatic carbocycles. The fourth-order valence-corrected chi connectivity index (χ4v) is 2.71. The Morgan fingerprint density at radius 3 is 2.55 bits per heavy atom. The standard InChI is InChI=1S/C15H22N4S/c1-4-9-16-10-13-5-7-14(8-6-13)20-11-15-18-17-12(2)19(15)3/h5-8,16H,4,9-11H2,1-3H3. The average molecular weight is 290 g/mol. The number of rotatable bonds is 7. The highest BCUT2D eigenvalue weighted by Gasteiger charge is 2.05. The van der Waals surface area contributed by atoms with Crippen molar-refractivity contribution in [2.24, 2.45) is 7.05 Å². The van der Waals surface area contributed by atoms with Crippen LogP contribution in [0.15, 0.2) is 29.2 Å². The van der Waals surface area contributed by atoms with Crippen molar-refractivity contribution in [1.82, 2.24) is 20.1 Å². The van der Waals surface area contributed by atoms with Gasteiger partial charge < -0.3 is 9.88 Å². The molecule has 4 nitrogen and oxygen atoms in total. The molecule has 5 heteroatoms. The molecule has 0 spiro atoms. The summed E-state index contributed by atoms with van der Waals surface area (Å²) in [7, 11) is 2.01. The van der Waals surface area contributed by atoms with Crippen LogP contribution in [-0.2, 0) is 19.3 Å². The van der Waals surface area contributed by atoms with Crippen LogP contribution >= 0.6 is 11.8 Å². The lowest BCUT2D eigenvalue weighted by atomic mass is 10.2. The van der Waals surface area contributed by atoms with E-state index in [1.165, 1.54) is 16.9 Å². The Bertz CT molecular complexity index is 533. The van der Waals surface area contributed by atoms with Crippen molar-refractivity contribution >= 4 is 11.8 Å². The molecule has 1 heterocycles. The van der Waals surface area contributed by atoms with Gasteiger partial charge in [0, 0.05) is 18.5 Å². The first-order valence-electron chi connectivity index (χ1n) is 6.98. The van der Waals surface area contributed by atoms with Crippen molar-refractivity contribution in [1.29, 1.82) is 0 Å². The zero-order chi connectivity index (χ0) is 14.4. The first-order chi connectivity index (χ1) is 9.70. The van der Waals surface area contributed by atoms with Crippen LogP contribution in [-0.4, -0.2) is 21.3 Å². The summed E-state index contributed by atoms with van der Waals surface area (Å²) in [5.74, 6) is 2.82. The van der Waals surface area contributed by atoms with E-state index in [0.29, 0.717) is 0 Å². The van der Waals surface area contributed by atoms with Crippen molar-refractivity contribution in [3.63, 3.8) is 0 Å². The van der Waals surface area contributed by atoms with Gasteiger partial charge >= 0.3 is 0 Å². The molecule has 1 N–H and O–H groups in total. The van der Waals surface area contributed by atoms with Gasteiger partial charge in [0.2, 0.25) is 0 Å². The topological polar surface area (TPSA) is 42.7 Å². The summed E-state index contributed by atoms with van der Waals surface area (Å²) in [6.45, 7) is 6.17. The fraction of sp³-hybridized carbons (Fsp3) is 0.467. The molecular weight excluding hydrogens is 268 g/mol. The van der Waals surface area contributed by atoms with Crippen LogP contribution < -0.4 is 5.32 Å². The van der Waals surface area contributed by atoms with Gasteiger partial charge in [-0.2, -0.15) is 0 Å². The first-order valence-corrected chi connectivity index (χ1v) is 7.96. The highest BCUT2D eigenvalue weighted by molar-refractivity contribution is 7.98. The highest BCUT2D eigenvalue weighted by atomic mass is 32.2. The van der Waals surface area contributed by atoms with E-state index in [4.69, 9.17) is 0 Å². The van der Waals surface area contributed by atoms with E-state index in [9.17, 15) is 0 Å². The van der Waals surface area contributed by atoms with E-state index < -0.39 is 0 Å². The van der Waals surface area contributed by atoms with Gasteiger partial charge in [0.15, 0.2) is 0 Å². The Morgan fingerprint density at radius 2 is 1.95 bits per heavy atom. The number of nitrogens with zero attached hydrogens (tertiary/aromatic N) is 3. The van der Waals surface area contributed by atoms with Crippen molar-refractivity contribution in [2.75, 3.05) is 6.54 Å². The van der Waals surface area contributed by atoms with Crippen LogP contribution in [0.25, 0.3) is 0 Å². The predicted octanol–water partition coefficient (Wildman–Crippen LogP) is 2.92. The molecule has 0 saturated heterocycles. The van der Waals surface area contributed by atoms with Crippen LogP contribution in [0.2, 0.25) is 0 Å². The van der Waals surface area contributed by atoms with E-state index in [2.05, 4.69) is 46.7 Å². The molecule has 108 valence electrons. The minimum absolute atomic E-state index is 0.852. The number of nitrogens with one attached hydrogen (secondary N) is 1. The maximum absolute atomic E-state index is 4.18. The first kappa shape index (κ1) is 15.1. The minimum Gasteiger partial charge on any atom is -0.318 e. The average Bonchev–Trinajstić information content (AvgIpc) is 2.78. The van der Waals surface area contributed by atoms with Crippen LogP contribution in [0.3, 0.4) is 0 Å². The Balaban J connectivity index is 1.86. The van der Waals surface area contributed by atoms with Gasteiger partial charge in [-0.25, -0.2) is 0 Å². The van der Waals surface area contributed by atoms with Gasteiger partial charge in [0.1, 0.15) is 11.6 Å². The predicted molar refractivity (Wildman–Crippen MR) is 83.7 cm³/mol. The third-order valence-electron chi connectivity index (χ3n) is 3.23. The third-order valence-corrected chi connectivity index (χ3v) is 4.24. The minimum atomic E-state index is 0.852. The summed E-state index contributed by atoms with van der Waals surface area (Å²) in [6, 6.07) is 8.73. The van der Waals surface area contributed by atoms with Crippen molar-refractivity contribution in [3.8, 4) is 0 Å². The lowest BCUT2D eigenvalue weighted by Gasteiger charge is -2.05. The number of aryl methyl sites for hydroxylation is 1. The summed E-state index contributed by atoms with van der Waals surface area (Å²) >= 11 is 1.79. The molecule has 0 aliphatic carbocycles. The van der Waals surface area contributed by atoms with Crippen LogP contribution in [0, 0.1) is 6.92 Å². The van der Waals surface area contributed by atoms with Crippen molar-refractivity contribution in [2.45, 2.75) is 37.5 Å². The molecule has 0 aliphatic heterocycles. The van der Waals surface area contributed by atoms with E-state index in [1.54, 1.807) is 11.8 Å². The van der Waals surface area contributed by atoms with Crippen LogP contribution in [0.1, 0.15) is 30.6 Å². The molecule has 1 aromatic heterocycles. The second-order valence-electron chi connectivity index (χ2n) is 4.83. The number of hydrogen-bond donors (Lipinski definition) is 1. The molecular formula is C15H22N4S. The van der Waals surface area contributed by atoms with Crippen LogP contribution in [0.4, 0.5) is 0 Å². The number of aromatic nitrogens is 3. The van der Waals surface area contributed by atoms with E-state index in [-0.39, 0.29) is 0 Å². The quantitative estimate of drug-likeness (QED) is 0.629. The second-order valence-corrected chi connectivity index (χ2v) is 5.88. The van der Waals surface area contributed by atoms with Gasteiger partial charge in [-0.1, -0.05) is 19.1 Å². The molecule has 0 unspecified atom stereocenters. The summed E-state index contributed by atoms with van der Waals surface area (Å²) < 4.78 is 2.04. The molecule has 20 heavy (non-hydrogen) atoms. The SMILES string of the molecule is CCCNCc1ccc(SCc2nnc(C)n2C)cc1. The Labute approximate surface area is 125 Å². The zero-order valence-electron chi connectivity index (χ0n) is 12.4. The van der Waals surface area contributed by atoms with Gasteiger partial charge in [-0.05, 0) is 37.6 Å². The Kier molecular flexibility index (Phi) is 5.61. The summed E-state index contributed by atoms with van der Waals surface area (Å²) in [6.07, 6.45) is 1.17. The van der Waals surface area contributed by atoms with Gasteiger partial charge in [0.05, 0.1) is 5.75 Å². The summed E-state index contributed by atoms with van der Waals surface area (Å²) in [5.41, 5.74) is 1.33. The normalized spacial score (nSPS) is 10.9. The van der Waals surface area contributed by atoms with E-state index in [0.717, 1.165) is 30.5 Å². The molecule has 0 amide bonds.